The molecule has 1 amide bonds. The van der Waals surface area contributed by atoms with E-state index in [1.54, 1.807) is 6.08 Å². The number of rotatable bonds is 19. The first-order chi connectivity index (χ1) is 14.5. The van der Waals surface area contributed by atoms with Crippen LogP contribution in [0.1, 0.15) is 71.6 Å². The molecule has 0 aromatic carbocycles. The van der Waals surface area contributed by atoms with Crippen molar-refractivity contribution in [1.29, 1.82) is 0 Å². The number of hydrogen-bond donors (Lipinski definition) is 2. The monoisotopic (exact) mass is 464 g/mol. The summed E-state index contributed by atoms with van der Waals surface area (Å²) in [6.07, 6.45) is 10.7. The molecule has 9 heteroatoms. The van der Waals surface area contributed by atoms with Crippen molar-refractivity contribution < 1.29 is 32.9 Å². The summed E-state index contributed by atoms with van der Waals surface area (Å²) in [7, 11) is 1.24. The molecular weight excluding hydrogens is 419 g/mol. The Morgan fingerprint density at radius 1 is 1.10 bits per heavy atom. The molecule has 0 aliphatic heterocycles. The highest BCUT2D eigenvalue weighted by Crippen LogP contribution is 2.38. The Kier molecular flexibility index (Phi) is 16.4. The van der Waals surface area contributed by atoms with Gasteiger partial charge in [-0.1, -0.05) is 64.5 Å². The highest BCUT2D eigenvalue weighted by Gasteiger charge is 2.23. The largest absolute Gasteiger partial charge is 0.756 e. The van der Waals surface area contributed by atoms with Crippen molar-refractivity contribution in [2.75, 3.05) is 40.9 Å². The van der Waals surface area contributed by atoms with Crippen LogP contribution in [0.3, 0.4) is 0 Å². The van der Waals surface area contributed by atoms with Crippen molar-refractivity contribution in [3.8, 4) is 0 Å². The molecule has 0 rings (SSSR count). The van der Waals surface area contributed by atoms with Gasteiger partial charge >= 0.3 is 0 Å². The average Bonchev–Trinajstić information content (AvgIpc) is 2.66. The van der Waals surface area contributed by atoms with Gasteiger partial charge in [-0.15, -0.1) is 0 Å². The van der Waals surface area contributed by atoms with Crippen molar-refractivity contribution in [2.45, 2.75) is 83.8 Å². The van der Waals surface area contributed by atoms with E-state index in [9.17, 15) is 19.4 Å². The minimum atomic E-state index is -4.53. The smallest absolute Gasteiger partial charge is 0.268 e. The second-order valence-electron chi connectivity index (χ2n) is 8.99. The van der Waals surface area contributed by atoms with Crippen molar-refractivity contribution in [1.82, 2.24) is 5.32 Å². The standard InChI is InChI=1S/C22H45N2O6P/c1-6-8-10-11-12-14-16-22(26)23-20(21(25)15-13-9-7-2)19-30-31(27,28)29-18-17-24(3,4)5/h13,15,20-21,25H,6-12,14,16-19H2,1-5H3,(H-,23,26,27,28)/b15-13+. The van der Waals surface area contributed by atoms with Gasteiger partial charge in [0, 0.05) is 6.42 Å². The number of nitrogens with zero attached hydrogens (tertiary/aromatic N) is 1. The third kappa shape index (κ3) is 18.5. The van der Waals surface area contributed by atoms with Crippen LogP contribution >= 0.6 is 7.82 Å². The fourth-order valence-corrected chi connectivity index (χ4v) is 3.47. The van der Waals surface area contributed by atoms with Gasteiger partial charge in [0.15, 0.2) is 0 Å². The third-order valence-electron chi connectivity index (χ3n) is 4.73. The predicted octanol–water partition coefficient (Wildman–Crippen LogP) is 3.15. The molecule has 2 N–H and O–H groups in total. The van der Waals surface area contributed by atoms with Crippen LogP contribution in [0.15, 0.2) is 12.2 Å². The van der Waals surface area contributed by atoms with Gasteiger partial charge in [0.2, 0.25) is 5.91 Å². The molecule has 3 unspecified atom stereocenters. The van der Waals surface area contributed by atoms with Crippen LogP contribution in [0.5, 0.6) is 0 Å². The van der Waals surface area contributed by atoms with Crippen LogP contribution in [0.4, 0.5) is 0 Å². The minimum absolute atomic E-state index is 0.00170. The van der Waals surface area contributed by atoms with Gasteiger partial charge in [0.25, 0.3) is 7.82 Å². The number of phosphoric acid groups is 1. The first-order valence-electron chi connectivity index (χ1n) is 11.6. The molecule has 0 aliphatic carbocycles. The molecule has 0 bridgehead atoms. The zero-order valence-corrected chi connectivity index (χ0v) is 21.1. The fourth-order valence-electron chi connectivity index (χ4n) is 2.74. The Morgan fingerprint density at radius 2 is 1.74 bits per heavy atom. The van der Waals surface area contributed by atoms with E-state index >= 15 is 0 Å². The highest BCUT2D eigenvalue weighted by molar-refractivity contribution is 7.45. The van der Waals surface area contributed by atoms with E-state index < -0.39 is 20.0 Å². The molecule has 0 aliphatic rings. The van der Waals surface area contributed by atoms with E-state index in [4.69, 9.17) is 9.05 Å². The lowest BCUT2D eigenvalue weighted by Gasteiger charge is -2.29. The highest BCUT2D eigenvalue weighted by atomic mass is 31.2. The summed E-state index contributed by atoms with van der Waals surface area (Å²) in [5.74, 6) is -0.223. The van der Waals surface area contributed by atoms with Gasteiger partial charge in [-0.05, 0) is 12.8 Å². The van der Waals surface area contributed by atoms with Gasteiger partial charge in [0.1, 0.15) is 13.2 Å². The zero-order valence-electron chi connectivity index (χ0n) is 20.2. The predicted molar refractivity (Wildman–Crippen MR) is 122 cm³/mol. The zero-order chi connectivity index (χ0) is 23.8. The van der Waals surface area contributed by atoms with Crippen LogP contribution in [-0.4, -0.2) is 68.5 Å². The average molecular weight is 465 g/mol. The van der Waals surface area contributed by atoms with Gasteiger partial charge < -0.3 is 28.8 Å². The molecule has 0 heterocycles. The SMILES string of the molecule is CCC/C=C/C(O)C(COP(=O)([O-])OCC[N+](C)(C)C)NC(=O)CCCCCCCC. The summed E-state index contributed by atoms with van der Waals surface area (Å²) >= 11 is 0. The Hall–Kier alpha value is -0.760. The molecule has 0 spiro atoms. The maximum absolute atomic E-state index is 12.3. The number of quaternary nitrogens is 1. The van der Waals surface area contributed by atoms with Crippen molar-refractivity contribution in [2.24, 2.45) is 0 Å². The lowest BCUT2D eigenvalue weighted by molar-refractivity contribution is -0.870. The number of unbranched alkanes of at least 4 members (excludes halogenated alkanes) is 6. The number of carbonyl (C=O) groups excluding carboxylic acids is 1. The van der Waals surface area contributed by atoms with E-state index in [2.05, 4.69) is 12.2 Å². The number of amides is 1. The Morgan fingerprint density at radius 3 is 2.35 bits per heavy atom. The number of carbonyl (C=O) groups is 1. The first kappa shape index (κ1) is 30.2. The number of nitrogens with one attached hydrogen (secondary N) is 1. The topological polar surface area (TPSA) is 108 Å². The Labute approximate surface area is 189 Å². The Bertz CT molecular complexity index is 551. The number of aliphatic hydroxyl groups excluding tert-OH is 1. The quantitative estimate of drug-likeness (QED) is 0.132. The van der Waals surface area contributed by atoms with Crippen LogP contribution in [0, 0.1) is 0 Å². The molecule has 0 saturated heterocycles. The summed E-state index contributed by atoms with van der Waals surface area (Å²) in [5.41, 5.74) is 0. The molecule has 0 saturated carbocycles. The number of hydrogen-bond acceptors (Lipinski definition) is 6. The maximum atomic E-state index is 12.3. The van der Waals surface area contributed by atoms with Crippen LogP contribution in [0.25, 0.3) is 0 Å². The lowest BCUT2D eigenvalue weighted by Crippen LogP contribution is -2.45. The van der Waals surface area contributed by atoms with E-state index in [1.165, 1.54) is 19.3 Å². The summed E-state index contributed by atoms with van der Waals surface area (Å²) in [5, 5.41) is 13.1. The number of aliphatic hydroxyl groups is 1. The van der Waals surface area contributed by atoms with Gasteiger partial charge in [-0.3, -0.25) is 9.36 Å². The number of phosphoric ester groups is 1. The molecule has 8 nitrogen and oxygen atoms in total. The van der Waals surface area contributed by atoms with Crippen molar-refractivity contribution >= 4 is 13.7 Å². The van der Waals surface area contributed by atoms with Gasteiger partial charge in [0.05, 0.1) is 39.9 Å². The van der Waals surface area contributed by atoms with Crippen LogP contribution in [0.2, 0.25) is 0 Å². The minimum Gasteiger partial charge on any atom is -0.756 e. The van der Waals surface area contributed by atoms with Crippen molar-refractivity contribution in [3.63, 3.8) is 0 Å². The van der Waals surface area contributed by atoms with Crippen LogP contribution < -0.4 is 10.2 Å². The summed E-state index contributed by atoms with van der Waals surface area (Å²) in [4.78, 5) is 24.4. The second-order valence-corrected chi connectivity index (χ2v) is 10.4. The number of allylic oxidation sites excluding steroid dienone is 1. The molecule has 0 aromatic rings. The molecule has 0 aromatic heterocycles. The molecule has 3 atom stereocenters. The van der Waals surface area contributed by atoms with E-state index in [1.807, 2.05) is 34.1 Å². The Balaban J connectivity index is 4.68. The molecule has 0 fully saturated rings. The first-order valence-corrected chi connectivity index (χ1v) is 13.0. The van der Waals surface area contributed by atoms with E-state index in [0.717, 1.165) is 32.1 Å². The van der Waals surface area contributed by atoms with Gasteiger partial charge in [-0.2, -0.15) is 0 Å². The second kappa shape index (κ2) is 16.8. The maximum Gasteiger partial charge on any atom is 0.268 e. The molecule has 184 valence electrons. The lowest BCUT2D eigenvalue weighted by atomic mass is 10.1. The fraction of sp³-hybridized carbons (Fsp3) is 0.864. The van der Waals surface area contributed by atoms with E-state index in [0.29, 0.717) is 17.4 Å². The molecule has 31 heavy (non-hydrogen) atoms. The summed E-state index contributed by atoms with van der Waals surface area (Å²) < 4.78 is 22.5. The summed E-state index contributed by atoms with van der Waals surface area (Å²) in [6, 6.07) is -0.870. The normalized spacial score (nSPS) is 16.2. The van der Waals surface area contributed by atoms with Crippen molar-refractivity contribution in [3.05, 3.63) is 12.2 Å². The number of likely N-dealkylation sites (N-methyl/N-ethyl adjacent to an activating group) is 1. The molecular formula is C22H45N2O6P. The third-order valence-corrected chi connectivity index (χ3v) is 5.69. The van der Waals surface area contributed by atoms with Crippen LogP contribution in [-0.2, 0) is 18.4 Å². The summed E-state index contributed by atoms with van der Waals surface area (Å²) in [6.45, 7) is 4.28. The van der Waals surface area contributed by atoms with Gasteiger partial charge in [-0.25, -0.2) is 0 Å². The molecule has 0 radical (unpaired) electrons. The van der Waals surface area contributed by atoms with E-state index in [-0.39, 0.29) is 19.1 Å².